The highest BCUT2D eigenvalue weighted by Crippen LogP contribution is 2.30. The molecule has 0 radical (unpaired) electrons. The van der Waals surface area contributed by atoms with Crippen LogP contribution in [0, 0.1) is 5.92 Å². The highest BCUT2D eigenvalue weighted by Gasteiger charge is 2.25. The largest absolute Gasteiger partial charge is 0.299 e. The molecule has 0 aromatic heterocycles. The van der Waals surface area contributed by atoms with E-state index in [1.54, 1.807) is 0 Å². The van der Waals surface area contributed by atoms with Crippen molar-refractivity contribution in [3.63, 3.8) is 0 Å². The molecule has 2 rings (SSSR count). The van der Waals surface area contributed by atoms with Gasteiger partial charge in [0.15, 0.2) is 0 Å². The van der Waals surface area contributed by atoms with Crippen LogP contribution < -0.4 is 0 Å². The molecule has 2 atom stereocenters. The van der Waals surface area contributed by atoms with Gasteiger partial charge in [0.05, 0.1) is 0 Å². The van der Waals surface area contributed by atoms with Gasteiger partial charge in [-0.25, -0.2) is 0 Å². The molecule has 0 spiro atoms. The van der Waals surface area contributed by atoms with Crippen molar-refractivity contribution in [2.45, 2.75) is 32.6 Å². The second-order valence-electron chi connectivity index (χ2n) is 5.51. The van der Waals surface area contributed by atoms with E-state index >= 15 is 0 Å². The van der Waals surface area contributed by atoms with Gasteiger partial charge < -0.3 is 0 Å². The maximum Gasteiger partial charge on any atom is 0.145 e. The fraction of sp³-hybridized carbons (Fsp3) is 0.316. The highest BCUT2D eigenvalue weighted by atomic mass is 79.9. The van der Waals surface area contributed by atoms with Crippen LogP contribution in [0.4, 0.5) is 0 Å². The Morgan fingerprint density at radius 1 is 1.05 bits per heavy atom. The second kappa shape index (κ2) is 7.56. The van der Waals surface area contributed by atoms with E-state index < -0.39 is 0 Å². The Kier molecular flexibility index (Phi) is 5.75. The van der Waals surface area contributed by atoms with Crippen LogP contribution in [0.2, 0.25) is 0 Å². The van der Waals surface area contributed by atoms with Crippen LogP contribution in [0.5, 0.6) is 0 Å². The molecule has 2 unspecified atom stereocenters. The highest BCUT2D eigenvalue weighted by molar-refractivity contribution is 9.10. The van der Waals surface area contributed by atoms with Crippen molar-refractivity contribution in [2.75, 3.05) is 0 Å². The summed E-state index contributed by atoms with van der Waals surface area (Å²) in [4.78, 5) is 12.8. The van der Waals surface area contributed by atoms with E-state index in [2.05, 4.69) is 41.9 Å². The standard InChI is InChI=1S/C19H21BrO/c1-3-14(2)19(15-9-5-4-6-10-15)18(21)13-16-11-7-8-12-17(16)20/h4-12,14,19H,3,13H2,1-2H3. The SMILES string of the molecule is CCC(C)C(C(=O)Cc1ccccc1Br)c1ccccc1. The van der Waals surface area contributed by atoms with Crippen LogP contribution in [0.15, 0.2) is 59.1 Å². The van der Waals surface area contributed by atoms with Crippen molar-refractivity contribution in [3.05, 3.63) is 70.2 Å². The van der Waals surface area contributed by atoms with Crippen LogP contribution in [-0.4, -0.2) is 5.78 Å². The lowest BCUT2D eigenvalue weighted by atomic mass is 9.80. The van der Waals surface area contributed by atoms with Crippen molar-refractivity contribution in [1.82, 2.24) is 0 Å². The molecule has 0 aliphatic rings. The minimum absolute atomic E-state index is 0.0247. The third-order valence-corrected chi connectivity index (χ3v) is 4.81. The predicted molar refractivity (Wildman–Crippen MR) is 91.5 cm³/mol. The monoisotopic (exact) mass is 344 g/mol. The molecule has 2 heteroatoms. The number of benzene rings is 2. The van der Waals surface area contributed by atoms with Crippen LogP contribution in [0.3, 0.4) is 0 Å². The molecule has 21 heavy (non-hydrogen) atoms. The van der Waals surface area contributed by atoms with Gasteiger partial charge in [-0.15, -0.1) is 0 Å². The third kappa shape index (κ3) is 4.04. The number of rotatable bonds is 6. The second-order valence-corrected chi connectivity index (χ2v) is 6.36. The summed E-state index contributed by atoms with van der Waals surface area (Å²) in [6.45, 7) is 4.31. The first kappa shape index (κ1) is 16.0. The third-order valence-electron chi connectivity index (χ3n) is 4.04. The zero-order chi connectivity index (χ0) is 15.2. The fourth-order valence-corrected chi connectivity index (χ4v) is 3.09. The van der Waals surface area contributed by atoms with Crippen LogP contribution in [0.25, 0.3) is 0 Å². The number of carbonyl (C=O) groups excluding carboxylic acids is 1. The van der Waals surface area contributed by atoms with E-state index in [1.165, 1.54) is 0 Å². The first-order valence-electron chi connectivity index (χ1n) is 7.44. The minimum Gasteiger partial charge on any atom is -0.299 e. The Labute approximate surface area is 135 Å². The van der Waals surface area contributed by atoms with Crippen LogP contribution >= 0.6 is 15.9 Å². The lowest BCUT2D eigenvalue weighted by Gasteiger charge is -2.22. The molecular weight excluding hydrogens is 324 g/mol. The lowest BCUT2D eigenvalue weighted by Crippen LogP contribution is -2.21. The molecule has 0 saturated carbocycles. The molecule has 0 fully saturated rings. The smallest absolute Gasteiger partial charge is 0.145 e. The van der Waals surface area contributed by atoms with E-state index in [-0.39, 0.29) is 5.92 Å². The molecule has 0 heterocycles. The number of ketones is 1. The zero-order valence-electron chi connectivity index (χ0n) is 12.6. The minimum atomic E-state index is -0.0247. The lowest BCUT2D eigenvalue weighted by molar-refractivity contribution is -0.120. The Morgan fingerprint density at radius 3 is 2.29 bits per heavy atom. The average molecular weight is 345 g/mol. The Hall–Kier alpha value is -1.41. The van der Waals surface area contributed by atoms with Gasteiger partial charge in [-0.1, -0.05) is 84.7 Å². The van der Waals surface area contributed by atoms with Crippen molar-refractivity contribution in [1.29, 1.82) is 0 Å². The number of halogens is 1. The summed E-state index contributed by atoms with van der Waals surface area (Å²) >= 11 is 3.53. The van der Waals surface area contributed by atoms with Gasteiger partial charge in [-0.05, 0) is 23.1 Å². The van der Waals surface area contributed by atoms with E-state index in [0.29, 0.717) is 18.1 Å². The quantitative estimate of drug-likeness (QED) is 0.686. The molecule has 0 aliphatic carbocycles. The normalized spacial score (nSPS) is 13.7. The molecule has 0 saturated heterocycles. The van der Waals surface area contributed by atoms with Crippen LogP contribution in [0.1, 0.15) is 37.3 Å². The summed E-state index contributed by atoms with van der Waals surface area (Å²) in [5, 5.41) is 0. The van der Waals surface area contributed by atoms with Crippen molar-refractivity contribution in [2.24, 2.45) is 5.92 Å². The van der Waals surface area contributed by atoms with Gasteiger partial charge in [0.2, 0.25) is 0 Å². The van der Waals surface area contributed by atoms with Crippen LogP contribution in [-0.2, 0) is 11.2 Å². The summed E-state index contributed by atoms with van der Waals surface area (Å²) < 4.78 is 1.01. The Morgan fingerprint density at radius 2 is 1.67 bits per heavy atom. The number of carbonyl (C=O) groups is 1. The summed E-state index contributed by atoms with van der Waals surface area (Å²) in [5.41, 5.74) is 2.19. The number of hydrogen-bond donors (Lipinski definition) is 0. The van der Waals surface area contributed by atoms with Gasteiger partial charge in [0.25, 0.3) is 0 Å². The van der Waals surface area contributed by atoms with E-state index in [4.69, 9.17) is 0 Å². The predicted octanol–water partition coefficient (Wildman–Crippen LogP) is 5.39. The van der Waals surface area contributed by atoms with Gasteiger partial charge in [-0.3, -0.25) is 4.79 Å². The van der Waals surface area contributed by atoms with Crippen molar-refractivity contribution < 1.29 is 4.79 Å². The van der Waals surface area contributed by atoms with Gasteiger partial charge in [0, 0.05) is 16.8 Å². The van der Waals surface area contributed by atoms with E-state index in [1.807, 2.05) is 42.5 Å². The Bertz CT molecular complexity index is 592. The molecule has 2 aromatic carbocycles. The first-order valence-corrected chi connectivity index (χ1v) is 8.23. The molecule has 2 aromatic rings. The van der Waals surface area contributed by atoms with E-state index in [9.17, 15) is 4.79 Å². The molecule has 1 nitrogen and oxygen atoms in total. The van der Waals surface area contributed by atoms with Crippen molar-refractivity contribution >= 4 is 21.7 Å². The van der Waals surface area contributed by atoms with Gasteiger partial charge in [-0.2, -0.15) is 0 Å². The topological polar surface area (TPSA) is 17.1 Å². The molecule has 110 valence electrons. The van der Waals surface area contributed by atoms with Crippen molar-refractivity contribution in [3.8, 4) is 0 Å². The fourth-order valence-electron chi connectivity index (χ4n) is 2.67. The summed E-state index contributed by atoms with van der Waals surface area (Å²) in [6.07, 6.45) is 1.48. The maximum atomic E-state index is 12.8. The first-order chi connectivity index (χ1) is 10.1. The average Bonchev–Trinajstić information content (AvgIpc) is 2.50. The molecule has 0 aliphatic heterocycles. The van der Waals surface area contributed by atoms with E-state index in [0.717, 1.165) is 22.0 Å². The number of Topliss-reactive ketones (excluding diaryl/α,β-unsaturated/α-hetero) is 1. The van der Waals surface area contributed by atoms with Gasteiger partial charge >= 0.3 is 0 Å². The molecular formula is C19H21BrO. The molecule has 0 N–H and O–H groups in total. The zero-order valence-corrected chi connectivity index (χ0v) is 14.1. The molecule has 0 amide bonds. The summed E-state index contributed by atoms with van der Waals surface area (Å²) in [7, 11) is 0. The Balaban J connectivity index is 2.25. The molecule has 0 bridgehead atoms. The summed E-state index contributed by atoms with van der Waals surface area (Å²) in [5.74, 6) is 0.619. The summed E-state index contributed by atoms with van der Waals surface area (Å²) in [6, 6.07) is 18.1. The maximum absolute atomic E-state index is 12.8. The number of hydrogen-bond acceptors (Lipinski definition) is 1. The van der Waals surface area contributed by atoms with Gasteiger partial charge in [0.1, 0.15) is 5.78 Å².